The van der Waals surface area contributed by atoms with Gasteiger partial charge in [-0.3, -0.25) is 9.69 Å². The van der Waals surface area contributed by atoms with Crippen LogP contribution in [0.3, 0.4) is 0 Å². The molecule has 0 spiro atoms. The van der Waals surface area contributed by atoms with Crippen molar-refractivity contribution in [3.63, 3.8) is 0 Å². The molecular formula is C18H13BrN2O3S. The standard InChI is InChI=1S/C18H13BrN2O3S/c1-24-17(23)12-4-2-11(3-5-12)10-15-16(22)21(18(25)20-15)14-8-6-13(19)7-9-14/h2-10H,1H3,(H,20,25). The molecule has 0 aromatic heterocycles. The zero-order valence-corrected chi connectivity index (χ0v) is 15.6. The summed E-state index contributed by atoms with van der Waals surface area (Å²) in [6.07, 6.45) is 1.69. The van der Waals surface area contributed by atoms with Crippen molar-refractivity contribution in [1.82, 2.24) is 5.32 Å². The molecule has 1 aliphatic heterocycles. The summed E-state index contributed by atoms with van der Waals surface area (Å²) in [5, 5.41) is 3.25. The predicted octanol–water partition coefficient (Wildman–Crippen LogP) is 3.50. The van der Waals surface area contributed by atoms with Crippen LogP contribution in [0, 0.1) is 0 Å². The molecule has 2 aromatic carbocycles. The summed E-state index contributed by atoms with van der Waals surface area (Å²) in [5.41, 5.74) is 2.28. The van der Waals surface area contributed by atoms with Crippen LogP contribution >= 0.6 is 28.1 Å². The summed E-state index contributed by atoms with van der Waals surface area (Å²) < 4.78 is 5.58. The van der Waals surface area contributed by atoms with Crippen LogP contribution in [0.4, 0.5) is 5.69 Å². The Bertz CT molecular complexity index is 876. The fourth-order valence-electron chi connectivity index (χ4n) is 2.36. The minimum absolute atomic E-state index is 0.232. The van der Waals surface area contributed by atoms with E-state index in [1.54, 1.807) is 30.3 Å². The third kappa shape index (κ3) is 3.62. The van der Waals surface area contributed by atoms with Gasteiger partial charge in [-0.1, -0.05) is 28.1 Å². The lowest BCUT2D eigenvalue weighted by atomic mass is 10.1. The molecule has 1 heterocycles. The second-order valence-electron chi connectivity index (χ2n) is 5.22. The number of esters is 1. The molecule has 1 saturated heterocycles. The highest BCUT2D eigenvalue weighted by Gasteiger charge is 2.31. The Kier molecular flexibility index (Phi) is 4.96. The van der Waals surface area contributed by atoms with Gasteiger partial charge >= 0.3 is 5.97 Å². The Labute approximate surface area is 158 Å². The second-order valence-corrected chi connectivity index (χ2v) is 6.52. The lowest BCUT2D eigenvalue weighted by molar-refractivity contribution is -0.113. The summed E-state index contributed by atoms with van der Waals surface area (Å²) in [6, 6.07) is 14.1. The molecule has 1 N–H and O–H groups in total. The number of carbonyl (C=O) groups is 2. The first-order valence-corrected chi connectivity index (χ1v) is 8.51. The molecule has 0 radical (unpaired) electrons. The molecule has 5 nitrogen and oxygen atoms in total. The van der Waals surface area contributed by atoms with Crippen LogP contribution in [0.1, 0.15) is 15.9 Å². The van der Waals surface area contributed by atoms with Crippen LogP contribution in [0.15, 0.2) is 58.7 Å². The summed E-state index contributed by atoms with van der Waals surface area (Å²) in [7, 11) is 1.33. The Hall–Kier alpha value is -2.51. The number of hydrogen-bond donors (Lipinski definition) is 1. The molecule has 2 aromatic rings. The number of rotatable bonds is 3. The van der Waals surface area contributed by atoms with Gasteiger partial charge in [0.25, 0.3) is 5.91 Å². The van der Waals surface area contributed by atoms with Gasteiger partial charge < -0.3 is 10.1 Å². The number of ether oxygens (including phenoxy) is 1. The fraction of sp³-hybridized carbons (Fsp3) is 0.0556. The number of hydrogen-bond acceptors (Lipinski definition) is 4. The number of thiocarbonyl (C=S) groups is 1. The van der Waals surface area contributed by atoms with E-state index in [4.69, 9.17) is 12.2 Å². The summed E-state index contributed by atoms with van der Waals surface area (Å²) in [6.45, 7) is 0. The van der Waals surface area contributed by atoms with Crippen molar-refractivity contribution in [2.45, 2.75) is 0 Å². The highest BCUT2D eigenvalue weighted by Crippen LogP contribution is 2.24. The topological polar surface area (TPSA) is 58.6 Å². The van der Waals surface area contributed by atoms with E-state index in [1.165, 1.54) is 12.0 Å². The maximum absolute atomic E-state index is 12.6. The first-order chi connectivity index (χ1) is 12.0. The molecule has 7 heteroatoms. The molecule has 1 fully saturated rings. The van der Waals surface area contributed by atoms with E-state index in [9.17, 15) is 9.59 Å². The molecule has 0 atom stereocenters. The lowest BCUT2D eigenvalue weighted by Crippen LogP contribution is -2.30. The molecule has 0 aliphatic carbocycles. The Balaban J connectivity index is 1.85. The monoisotopic (exact) mass is 416 g/mol. The third-order valence-corrected chi connectivity index (χ3v) is 4.42. The van der Waals surface area contributed by atoms with E-state index in [0.29, 0.717) is 22.1 Å². The van der Waals surface area contributed by atoms with Crippen LogP contribution in [0.2, 0.25) is 0 Å². The van der Waals surface area contributed by atoms with E-state index in [2.05, 4.69) is 26.0 Å². The van der Waals surface area contributed by atoms with Gasteiger partial charge in [-0.05, 0) is 60.3 Å². The lowest BCUT2D eigenvalue weighted by Gasteiger charge is -2.13. The van der Waals surface area contributed by atoms with Crippen molar-refractivity contribution >= 4 is 56.9 Å². The summed E-state index contributed by atoms with van der Waals surface area (Å²) in [4.78, 5) is 25.5. The van der Waals surface area contributed by atoms with Crippen molar-refractivity contribution in [1.29, 1.82) is 0 Å². The molecule has 126 valence electrons. The van der Waals surface area contributed by atoms with Crippen molar-refractivity contribution < 1.29 is 14.3 Å². The third-order valence-electron chi connectivity index (χ3n) is 3.61. The maximum Gasteiger partial charge on any atom is 0.337 e. The SMILES string of the molecule is COC(=O)c1ccc(C=C2NC(=S)N(c3ccc(Br)cc3)C2=O)cc1. The molecular weight excluding hydrogens is 404 g/mol. The first-order valence-electron chi connectivity index (χ1n) is 7.30. The Morgan fingerprint density at radius 3 is 2.40 bits per heavy atom. The van der Waals surface area contributed by atoms with Crippen LogP contribution < -0.4 is 10.2 Å². The van der Waals surface area contributed by atoms with E-state index >= 15 is 0 Å². The molecule has 3 rings (SSSR count). The second kappa shape index (κ2) is 7.16. The van der Waals surface area contributed by atoms with Crippen LogP contribution in [0.25, 0.3) is 6.08 Å². The maximum atomic E-state index is 12.6. The zero-order valence-electron chi connectivity index (χ0n) is 13.2. The van der Waals surface area contributed by atoms with E-state index in [-0.39, 0.29) is 5.91 Å². The van der Waals surface area contributed by atoms with E-state index in [1.807, 2.05) is 24.3 Å². The fourth-order valence-corrected chi connectivity index (χ4v) is 2.92. The van der Waals surface area contributed by atoms with Crippen LogP contribution in [-0.4, -0.2) is 24.1 Å². The number of carbonyl (C=O) groups excluding carboxylic acids is 2. The molecule has 0 saturated carbocycles. The van der Waals surface area contributed by atoms with Gasteiger partial charge in [-0.2, -0.15) is 0 Å². The van der Waals surface area contributed by atoms with Gasteiger partial charge in [0.2, 0.25) is 0 Å². The number of benzene rings is 2. The number of anilines is 1. The average molecular weight is 417 g/mol. The highest BCUT2D eigenvalue weighted by atomic mass is 79.9. The number of halogens is 1. The van der Waals surface area contributed by atoms with Crippen molar-refractivity contribution in [2.24, 2.45) is 0 Å². The Morgan fingerprint density at radius 1 is 1.16 bits per heavy atom. The van der Waals surface area contributed by atoms with Crippen LogP contribution in [-0.2, 0) is 9.53 Å². The van der Waals surface area contributed by atoms with Crippen molar-refractivity contribution in [2.75, 3.05) is 12.0 Å². The van der Waals surface area contributed by atoms with Crippen LogP contribution in [0.5, 0.6) is 0 Å². The van der Waals surface area contributed by atoms with Gasteiger partial charge in [0.1, 0.15) is 5.70 Å². The zero-order chi connectivity index (χ0) is 18.0. The molecule has 1 amide bonds. The van der Waals surface area contributed by atoms with Gasteiger partial charge in [0.05, 0.1) is 18.4 Å². The van der Waals surface area contributed by atoms with Gasteiger partial charge in [0.15, 0.2) is 5.11 Å². The molecule has 1 aliphatic rings. The Morgan fingerprint density at radius 2 is 1.80 bits per heavy atom. The van der Waals surface area contributed by atoms with E-state index in [0.717, 1.165) is 10.0 Å². The smallest absolute Gasteiger partial charge is 0.337 e. The predicted molar refractivity (Wildman–Crippen MR) is 103 cm³/mol. The van der Waals surface area contributed by atoms with Gasteiger partial charge in [-0.15, -0.1) is 0 Å². The molecule has 25 heavy (non-hydrogen) atoms. The molecule has 0 bridgehead atoms. The normalized spacial score (nSPS) is 15.4. The van der Waals surface area contributed by atoms with Gasteiger partial charge in [-0.25, -0.2) is 4.79 Å². The number of nitrogens with one attached hydrogen (secondary N) is 1. The summed E-state index contributed by atoms with van der Waals surface area (Å²) >= 11 is 8.64. The quantitative estimate of drug-likeness (QED) is 0.471. The van der Waals surface area contributed by atoms with Crippen molar-refractivity contribution in [3.05, 3.63) is 69.8 Å². The number of amides is 1. The average Bonchev–Trinajstić information content (AvgIpc) is 2.89. The summed E-state index contributed by atoms with van der Waals surface area (Å²) in [5.74, 6) is -0.638. The molecule has 0 unspecified atom stereocenters. The highest BCUT2D eigenvalue weighted by molar-refractivity contribution is 9.10. The largest absolute Gasteiger partial charge is 0.465 e. The van der Waals surface area contributed by atoms with E-state index < -0.39 is 5.97 Å². The first kappa shape index (κ1) is 17.3. The number of methoxy groups -OCH3 is 1. The number of nitrogens with zero attached hydrogens (tertiary/aromatic N) is 1. The minimum Gasteiger partial charge on any atom is -0.465 e. The van der Waals surface area contributed by atoms with Gasteiger partial charge in [0, 0.05) is 4.47 Å². The van der Waals surface area contributed by atoms with Crippen molar-refractivity contribution in [3.8, 4) is 0 Å². The minimum atomic E-state index is -0.406.